The summed E-state index contributed by atoms with van der Waals surface area (Å²) in [5, 5.41) is 2.70. The number of nitrogens with zero attached hydrogens (tertiary/aromatic N) is 1. The van der Waals surface area contributed by atoms with Gasteiger partial charge in [-0.1, -0.05) is 6.92 Å². The molecule has 0 unspecified atom stereocenters. The second-order valence-corrected chi connectivity index (χ2v) is 3.95. The summed E-state index contributed by atoms with van der Waals surface area (Å²) in [6.45, 7) is 7.07. The summed E-state index contributed by atoms with van der Waals surface area (Å²) in [6.07, 6.45) is 1.10. The number of likely N-dealkylation sites (N-methyl/N-ethyl adjacent to an activating group) is 1. The minimum atomic E-state index is -0.342. The van der Waals surface area contributed by atoms with Gasteiger partial charge in [0.1, 0.15) is 6.10 Å². The van der Waals surface area contributed by atoms with Gasteiger partial charge in [-0.05, 0) is 19.8 Å². The van der Waals surface area contributed by atoms with Crippen LogP contribution in [0.15, 0.2) is 0 Å². The SMILES string of the molecule is CCO[C@@H](CC)C(=O)N(C)CCCNC(C)=O. The molecule has 0 aliphatic carbocycles. The van der Waals surface area contributed by atoms with Crippen molar-refractivity contribution in [2.24, 2.45) is 0 Å². The standard InChI is InChI=1S/C12H24N2O3/c1-5-11(17-6-2)12(16)14(4)9-7-8-13-10(3)15/h11H,5-9H2,1-4H3,(H,13,15)/t11-/m0/s1. The molecule has 0 saturated heterocycles. The lowest BCUT2D eigenvalue weighted by Crippen LogP contribution is -2.39. The minimum absolute atomic E-state index is 0.0113. The molecule has 0 rings (SSSR count). The smallest absolute Gasteiger partial charge is 0.251 e. The minimum Gasteiger partial charge on any atom is -0.369 e. The predicted octanol–water partition coefficient (Wildman–Crippen LogP) is 0.786. The third-order valence-corrected chi connectivity index (χ3v) is 2.43. The molecule has 0 aromatic heterocycles. The Morgan fingerprint density at radius 1 is 1.35 bits per heavy atom. The van der Waals surface area contributed by atoms with Gasteiger partial charge in [-0.3, -0.25) is 9.59 Å². The highest BCUT2D eigenvalue weighted by Crippen LogP contribution is 2.03. The molecule has 2 amide bonds. The average Bonchev–Trinajstić information content (AvgIpc) is 2.30. The predicted molar refractivity (Wildman–Crippen MR) is 66.6 cm³/mol. The lowest BCUT2D eigenvalue weighted by molar-refractivity contribution is -0.142. The van der Waals surface area contributed by atoms with Gasteiger partial charge in [-0.15, -0.1) is 0 Å². The van der Waals surface area contributed by atoms with Crippen molar-refractivity contribution >= 4 is 11.8 Å². The van der Waals surface area contributed by atoms with E-state index in [2.05, 4.69) is 5.32 Å². The number of nitrogens with one attached hydrogen (secondary N) is 1. The molecule has 0 heterocycles. The van der Waals surface area contributed by atoms with Gasteiger partial charge in [0.25, 0.3) is 5.91 Å². The topological polar surface area (TPSA) is 58.6 Å². The maximum Gasteiger partial charge on any atom is 0.251 e. The van der Waals surface area contributed by atoms with Crippen molar-refractivity contribution in [3.8, 4) is 0 Å². The Morgan fingerprint density at radius 2 is 2.00 bits per heavy atom. The van der Waals surface area contributed by atoms with E-state index in [0.29, 0.717) is 26.1 Å². The van der Waals surface area contributed by atoms with Gasteiger partial charge in [0.15, 0.2) is 0 Å². The summed E-state index contributed by atoms with van der Waals surface area (Å²) < 4.78 is 5.36. The van der Waals surface area contributed by atoms with Crippen LogP contribution in [0, 0.1) is 0 Å². The largest absolute Gasteiger partial charge is 0.369 e. The summed E-state index contributed by atoms with van der Waals surface area (Å²) >= 11 is 0. The summed E-state index contributed by atoms with van der Waals surface area (Å²) in [6, 6.07) is 0. The van der Waals surface area contributed by atoms with E-state index in [-0.39, 0.29) is 17.9 Å². The molecule has 0 aromatic rings. The Bertz CT molecular complexity index is 244. The summed E-state index contributed by atoms with van der Waals surface area (Å²) in [4.78, 5) is 24.2. The van der Waals surface area contributed by atoms with Crippen molar-refractivity contribution in [2.75, 3.05) is 26.7 Å². The first-order valence-corrected chi connectivity index (χ1v) is 6.13. The van der Waals surface area contributed by atoms with Crippen LogP contribution >= 0.6 is 0 Å². The zero-order valence-corrected chi connectivity index (χ0v) is 11.3. The van der Waals surface area contributed by atoms with E-state index in [9.17, 15) is 9.59 Å². The number of amides is 2. The average molecular weight is 244 g/mol. The number of hydrogen-bond donors (Lipinski definition) is 1. The zero-order chi connectivity index (χ0) is 13.3. The van der Waals surface area contributed by atoms with Crippen molar-refractivity contribution in [3.05, 3.63) is 0 Å². The van der Waals surface area contributed by atoms with Crippen LogP contribution in [-0.2, 0) is 14.3 Å². The molecule has 17 heavy (non-hydrogen) atoms. The van der Waals surface area contributed by atoms with Gasteiger partial charge in [-0.2, -0.15) is 0 Å². The second-order valence-electron chi connectivity index (χ2n) is 3.95. The lowest BCUT2D eigenvalue weighted by Gasteiger charge is -2.22. The fourth-order valence-electron chi connectivity index (χ4n) is 1.50. The molecule has 1 atom stereocenters. The second kappa shape index (κ2) is 8.98. The Labute approximate surface area is 103 Å². The number of ether oxygens (including phenoxy) is 1. The molecule has 0 radical (unpaired) electrons. The van der Waals surface area contributed by atoms with E-state index in [1.807, 2.05) is 13.8 Å². The van der Waals surface area contributed by atoms with Gasteiger partial charge in [0.2, 0.25) is 5.91 Å². The van der Waals surface area contributed by atoms with Crippen molar-refractivity contribution in [1.82, 2.24) is 10.2 Å². The van der Waals surface area contributed by atoms with Gasteiger partial charge in [0, 0.05) is 33.7 Å². The molecular weight excluding hydrogens is 220 g/mol. The van der Waals surface area contributed by atoms with E-state index in [4.69, 9.17) is 4.74 Å². The maximum absolute atomic E-state index is 11.9. The van der Waals surface area contributed by atoms with Crippen LogP contribution in [0.3, 0.4) is 0 Å². The van der Waals surface area contributed by atoms with E-state index in [1.165, 1.54) is 6.92 Å². The van der Waals surface area contributed by atoms with Crippen LogP contribution in [0.2, 0.25) is 0 Å². The van der Waals surface area contributed by atoms with Gasteiger partial charge in [-0.25, -0.2) is 0 Å². The summed E-state index contributed by atoms with van der Waals surface area (Å²) in [7, 11) is 1.76. The summed E-state index contributed by atoms with van der Waals surface area (Å²) in [5.74, 6) is -0.0306. The van der Waals surface area contributed by atoms with Gasteiger partial charge < -0.3 is 15.0 Å². The highest BCUT2D eigenvalue weighted by molar-refractivity contribution is 5.80. The quantitative estimate of drug-likeness (QED) is 0.642. The van der Waals surface area contributed by atoms with Crippen LogP contribution in [-0.4, -0.2) is 49.6 Å². The third-order valence-electron chi connectivity index (χ3n) is 2.43. The van der Waals surface area contributed by atoms with Crippen LogP contribution in [0.25, 0.3) is 0 Å². The number of carbonyl (C=O) groups is 2. The van der Waals surface area contributed by atoms with E-state index < -0.39 is 0 Å². The van der Waals surface area contributed by atoms with Gasteiger partial charge >= 0.3 is 0 Å². The maximum atomic E-state index is 11.9. The normalized spacial score (nSPS) is 12.0. The molecule has 5 nitrogen and oxygen atoms in total. The fraction of sp³-hybridized carbons (Fsp3) is 0.833. The molecule has 0 aliphatic rings. The van der Waals surface area contributed by atoms with E-state index >= 15 is 0 Å². The molecule has 0 aromatic carbocycles. The molecule has 0 spiro atoms. The molecule has 0 saturated carbocycles. The fourth-order valence-corrected chi connectivity index (χ4v) is 1.50. The van der Waals surface area contributed by atoms with Crippen LogP contribution in [0.4, 0.5) is 0 Å². The number of hydrogen-bond acceptors (Lipinski definition) is 3. The van der Waals surface area contributed by atoms with Crippen molar-refractivity contribution in [1.29, 1.82) is 0 Å². The Hall–Kier alpha value is -1.10. The molecule has 5 heteroatoms. The molecule has 0 aliphatic heterocycles. The number of rotatable bonds is 8. The monoisotopic (exact) mass is 244 g/mol. The number of carbonyl (C=O) groups excluding carboxylic acids is 2. The first kappa shape index (κ1) is 15.9. The molecular formula is C12H24N2O3. The molecule has 1 N–H and O–H groups in total. The first-order chi connectivity index (χ1) is 8.02. The van der Waals surface area contributed by atoms with Crippen LogP contribution < -0.4 is 5.32 Å². The van der Waals surface area contributed by atoms with Crippen LogP contribution in [0.5, 0.6) is 0 Å². The van der Waals surface area contributed by atoms with Crippen molar-refractivity contribution in [2.45, 2.75) is 39.7 Å². The summed E-state index contributed by atoms with van der Waals surface area (Å²) in [5.41, 5.74) is 0. The van der Waals surface area contributed by atoms with E-state index in [0.717, 1.165) is 6.42 Å². The highest BCUT2D eigenvalue weighted by atomic mass is 16.5. The molecule has 100 valence electrons. The Morgan fingerprint density at radius 3 is 2.47 bits per heavy atom. The third kappa shape index (κ3) is 6.94. The molecule has 0 bridgehead atoms. The van der Waals surface area contributed by atoms with E-state index in [1.54, 1.807) is 11.9 Å². The Balaban J connectivity index is 3.90. The first-order valence-electron chi connectivity index (χ1n) is 6.13. The van der Waals surface area contributed by atoms with Crippen molar-refractivity contribution in [3.63, 3.8) is 0 Å². The lowest BCUT2D eigenvalue weighted by atomic mass is 10.2. The van der Waals surface area contributed by atoms with Crippen LogP contribution in [0.1, 0.15) is 33.6 Å². The van der Waals surface area contributed by atoms with Gasteiger partial charge in [0.05, 0.1) is 0 Å². The van der Waals surface area contributed by atoms with Crippen molar-refractivity contribution < 1.29 is 14.3 Å². The highest BCUT2D eigenvalue weighted by Gasteiger charge is 2.19. The zero-order valence-electron chi connectivity index (χ0n) is 11.3. The molecule has 0 fully saturated rings. The Kier molecular flexibility index (Phi) is 8.40.